The number of carboxylic acids is 3. The van der Waals surface area contributed by atoms with E-state index < -0.39 is 29.8 Å². The highest BCUT2D eigenvalue weighted by Crippen LogP contribution is 2.42. The quantitative estimate of drug-likeness (QED) is 0.0978. The van der Waals surface area contributed by atoms with Gasteiger partial charge in [0.2, 0.25) is 0 Å². The number of aromatic carboxylic acids is 3. The van der Waals surface area contributed by atoms with Gasteiger partial charge >= 0.3 is 17.9 Å². The predicted octanol–water partition coefficient (Wildman–Crippen LogP) is 14.6. The molecule has 0 aliphatic carbocycles. The molecule has 16 nitrogen and oxygen atoms in total. The minimum absolute atomic E-state index is 0.00741. The molecule has 0 saturated heterocycles. The van der Waals surface area contributed by atoms with E-state index in [2.05, 4.69) is 46.1 Å². The van der Waals surface area contributed by atoms with Crippen molar-refractivity contribution in [2.24, 2.45) is 0 Å². The van der Waals surface area contributed by atoms with Crippen molar-refractivity contribution >= 4 is 51.9 Å². The molecular weight excluding hydrogens is 1070 g/mol. The van der Waals surface area contributed by atoms with Crippen LogP contribution in [0.15, 0.2) is 145 Å². The lowest BCUT2D eigenvalue weighted by Gasteiger charge is -2.27. The molecule has 3 aromatic heterocycles. The summed E-state index contributed by atoms with van der Waals surface area (Å²) in [5, 5.41) is 29.2. The summed E-state index contributed by atoms with van der Waals surface area (Å²) >= 11 is 3.13. The summed E-state index contributed by atoms with van der Waals surface area (Å²) in [4.78, 5) is 44.9. The first-order valence-corrected chi connectivity index (χ1v) is 27.3. The molecular formula is C59H48FN3O13S3. The molecule has 402 valence electrons. The van der Waals surface area contributed by atoms with Crippen LogP contribution in [0.1, 0.15) is 106 Å². The SMILES string of the molecule is COc1cccc(C2CCc3cc(Oc4ncc(C(=O)O)s4)ccc3O2)c1F.Cc1ccccc1[C@@H]1CCc2cc(Oc3ncc(C(=O)O)s3)ccc2O1.O=C(O)c1csc(Oc2ccc3c(c2)CC[C@@H](c2ccccc2)O3)n1. The van der Waals surface area contributed by atoms with E-state index in [1.54, 1.807) is 30.3 Å². The number of carbonyl (C=O) groups is 3. The molecule has 3 atom stereocenters. The molecule has 0 radical (unpaired) electrons. The maximum absolute atomic E-state index is 14.5. The van der Waals surface area contributed by atoms with Gasteiger partial charge in [-0.2, -0.15) is 4.98 Å². The molecule has 6 heterocycles. The second-order valence-electron chi connectivity index (χ2n) is 18.1. The third-order valence-corrected chi connectivity index (χ3v) is 15.4. The smallest absolute Gasteiger partial charge is 0.355 e. The minimum atomic E-state index is -1.06. The van der Waals surface area contributed by atoms with Crippen LogP contribution in [0.5, 0.6) is 55.8 Å². The Morgan fingerprint density at radius 1 is 0.570 bits per heavy atom. The number of hydrogen-bond donors (Lipinski definition) is 3. The zero-order valence-corrected chi connectivity index (χ0v) is 44.6. The first kappa shape index (κ1) is 53.5. The lowest BCUT2D eigenvalue weighted by Crippen LogP contribution is -2.16. The molecule has 20 heteroatoms. The largest absolute Gasteiger partial charge is 0.494 e. The van der Waals surface area contributed by atoms with Crippen molar-refractivity contribution in [3.8, 4) is 55.8 Å². The van der Waals surface area contributed by atoms with Gasteiger partial charge in [-0.3, -0.25) is 0 Å². The fourth-order valence-electron chi connectivity index (χ4n) is 9.02. The molecule has 0 amide bonds. The highest BCUT2D eigenvalue weighted by molar-refractivity contribution is 7.15. The summed E-state index contributed by atoms with van der Waals surface area (Å²) in [5.41, 5.74) is 7.20. The third-order valence-electron chi connectivity index (χ3n) is 12.9. The molecule has 0 fully saturated rings. The molecule has 0 saturated carbocycles. The van der Waals surface area contributed by atoms with Crippen LogP contribution in [0, 0.1) is 12.7 Å². The number of halogens is 1. The highest BCUT2D eigenvalue weighted by Gasteiger charge is 2.27. The van der Waals surface area contributed by atoms with Gasteiger partial charge in [-0.25, -0.2) is 28.7 Å². The van der Waals surface area contributed by atoms with Gasteiger partial charge in [0, 0.05) is 10.9 Å². The molecule has 3 N–H and O–H groups in total. The number of fused-ring (bicyclic) bond motifs is 3. The monoisotopic (exact) mass is 1120 g/mol. The van der Waals surface area contributed by atoms with Crippen LogP contribution < -0.4 is 33.2 Å². The molecule has 1 unspecified atom stereocenters. The highest BCUT2D eigenvalue weighted by atomic mass is 32.1. The number of rotatable bonds is 13. The molecule has 79 heavy (non-hydrogen) atoms. The Morgan fingerprint density at radius 3 is 1.54 bits per heavy atom. The summed E-state index contributed by atoms with van der Waals surface area (Å²) < 4.78 is 54.9. The average molecular weight is 1120 g/mol. The van der Waals surface area contributed by atoms with Gasteiger partial charge < -0.3 is 48.5 Å². The van der Waals surface area contributed by atoms with Gasteiger partial charge in [-0.05, 0) is 139 Å². The zero-order chi connectivity index (χ0) is 55.0. The van der Waals surface area contributed by atoms with Crippen LogP contribution in [-0.2, 0) is 19.3 Å². The maximum Gasteiger partial charge on any atom is 0.355 e. The maximum atomic E-state index is 14.5. The molecule has 0 spiro atoms. The van der Waals surface area contributed by atoms with E-state index >= 15 is 0 Å². The minimum Gasteiger partial charge on any atom is -0.494 e. The second-order valence-corrected chi connectivity index (χ2v) is 20.9. The first-order chi connectivity index (χ1) is 38.3. The Hall–Kier alpha value is -8.85. The van der Waals surface area contributed by atoms with E-state index in [0.29, 0.717) is 51.8 Å². The Kier molecular flexibility index (Phi) is 16.4. The molecule has 3 aliphatic rings. The molecule has 9 aromatic rings. The topological polar surface area (TPSA) is 215 Å². The van der Waals surface area contributed by atoms with Crippen LogP contribution in [0.2, 0.25) is 0 Å². The summed E-state index contributed by atoms with van der Waals surface area (Å²) in [6.07, 6.45) is 7.19. The van der Waals surface area contributed by atoms with Crippen molar-refractivity contribution < 1.29 is 67.3 Å². The Balaban J connectivity index is 0.000000134. The number of aryl methyl sites for hydroxylation is 4. The Bertz CT molecular complexity index is 3660. The van der Waals surface area contributed by atoms with E-state index in [1.807, 2.05) is 72.8 Å². The lowest BCUT2D eigenvalue weighted by atomic mass is 9.95. The van der Waals surface area contributed by atoms with E-state index in [1.165, 1.54) is 41.6 Å². The van der Waals surface area contributed by atoms with Crippen molar-refractivity contribution in [1.82, 2.24) is 15.0 Å². The van der Waals surface area contributed by atoms with Gasteiger partial charge in [0.25, 0.3) is 15.6 Å². The first-order valence-electron chi connectivity index (χ1n) is 24.8. The zero-order valence-electron chi connectivity index (χ0n) is 42.2. The number of carboxylic acid groups (broad SMARTS) is 3. The van der Waals surface area contributed by atoms with Crippen LogP contribution in [-0.4, -0.2) is 55.3 Å². The van der Waals surface area contributed by atoms with Crippen molar-refractivity contribution in [2.75, 3.05) is 7.11 Å². The fourth-order valence-corrected chi connectivity index (χ4v) is 10.9. The number of nitrogens with zero attached hydrogens (tertiary/aromatic N) is 3. The second kappa shape index (κ2) is 24.2. The Morgan fingerprint density at radius 2 is 1.05 bits per heavy atom. The normalized spacial score (nSPS) is 15.7. The number of methoxy groups -OCH3 is 1. The average Bonchev–Trinajstić information content (AvgIpc) is 4.30. The van der Waals surface area contributed by atoms with Crippen LogP contribution in [0.3, 0.4) is 0 Å². The van der Waals surface area contributed by atoms with E-state index in [9.17, 15) is 18.8 Å². The van der Waals surface area contributed by atoms with E-state index in [4.69, 9.17) is 48.5 Å². The van der Waals surface area contributed by atoms with Gasteiger partial charge in [0.1, 0.15) is 62.6 Å². The molecule has 3 aliphatic heterocycles. The van der Waals surface area contributed by atoms with Crippen LogP contribution in [0.4, 0.5) is 4.39 Å². The summed E-state index contributed by atoms with van der Waals surface area (Å²) in [5.74, 6) is 0.879. The van der Waals surface area contributed by atoms with E-state index in [0.717, 1.165) is 87.9 Å². The van der Waals surface area contributed by atoms with Crippen LogP contribution >= 0.6 is 34.0 Å². The number of ether oxygens (including phenoxy) is 7. The standard InChI is InChI=1S/C20H16FNO5S.C20H17NO4S.C19H15NO4S/c1-25-16-4-2-3-13(18(16)21)15-7-5-11-9-12(6-8-14(11)27-15)26-20-22-10-17(28-20)19(23)24;1-12-4-2-3-5-15(12)17-8-6-13-10-14(7-9-16(13)25-17)24-20-21-11-18(26-20)19(22)23;21-18(22)15-11-25-19(20-15)23-14-7-9-17-13(10-14)6-8-16(24-17)12-4-2-1-3-5-12/h2-4,6,8-10,15H,5,7H2,1H3,(H,23,24);2-5,7,9-11,17H,6,8H2,1H3,(H,22,23);1-5,7,9-11,16H,6,8H2,(H,21,22)/t;17-;16-/m.00/s1. The molecule has 6 aromatic carbocycles. The number of aromatic nitrogens is 3. The summed E-state index contributed by atoms with van der Waals surface area (Å²) in [6.45, 7) is 2.10. The van der Waals surface area contributed by atoms with Gasteiger partial charge in [-0.1, -0.05) is 101 Å². The molecule has 0 bridgehead atoms. The van der Waals surface area contributed by atoms with Crippen molar-refractivity contribution in [3.63, 3.8) is 0 Å². The van der Waals surface area contributed by atoms with Crippen LogP contribution in [0.25, 0.3) is 0 Å². The van der Waals surface area contributed by atoms with Crippen molar-refractivity contribution in [3.05, 3.63) is 205 Å². The van der Waals surface area contributed by atoms with Crippen molar-refractivity contribution in [1.29, 1.82) is 0 Å². The third kappa shape index (κ3) is 13.0. The van der Waals surface area contributed by atoms with E-state index in [-0.39, 0.29) is 38.6 Å². The van der Waals surface area contributed by atoms with Gasteiger partial charge in [0.05, 0.1) is 19.5 Å². The summed E-state index contributed by atoms with van der Waals surface area (Å²) in [6, 6.07) is 40.1. The fraction of sp³-hybridized carbons (Fsp3) is 0.186. The van der Waals surface area contributed by atoms with Gasteiger partial charge in [0.15, 0.2) is 17.3 Å². The Labute approximate surface area is 463 Å². The van der Waals surface area contributed by atoms with Crippen molar-refractivity contribution in [2.45, 2.75) is 63.8 Å². The van der Waals surface area contributed by atoms with Gasteiger partial charge in [-0.15, -0.1) is 0 Å². The summed E-state index contributed by atoms with van der Waals surface area (Å²) in [7, 11) is 1.43. The number of hydrogen-bond acceptors (Lipinski definition) is 16. The predicted molar refractivity (Wildman–Crippen MR) is 292 cm³/mol. The number of benzene rings is 6. The lowest BCUT2D eigenvalue weighted by molar-refractivity contribution is 0.0683. The number of thiazole rings is 3. The molecule has 12 rings (SSSR count).